The lowest BCUT2D eigenvalue weighted by atomic mass is 9.76. The molecule has 0 aromatic rings. The molecule has 0 bridgehead atoms. The Bertz CT molecular complexity index is 1460. The zero-order valence-electron chi connectivity index (χ0n) is 42.7. The summed E-state index contributed by atoms with van der Waals surface area (Å²) >= 11 is -2.01. The van der Waals surface area contributed by atoms with Crippen molar-refractivity contribution >= 4 is 40.2 Å². The number of carbonyl (C=O) groups is 5. The molecule has 0 fully saturated rings. The minimum absolute atomic E-state index is 0.00463. The summed E-state index contributed by atoms with van der Waals surface area (Å²) in [5.41, 5.74) is 3.12. The third-order valence-corrected chi connectivity index (χ3v) is 8.37. The number of carbonyl (C=O) groups excluding carboxylic acids is 5. The van der Waals surface area contributed by atoms with Crippen LogP contribution in [0.3, 0.4) is 0 Å². The van der Waals surface area contributed by atoms with E-state index in [2.05, 4.69) is 32.6 Å². The van der Waals surface area contributed by atoms with Gasteiger partial charge in [0.1, 0.15) is 11.6 Å². The minimum atomic E-state index is -2.01. The van der Waals surface area contributed by atoms with Crippen molar-refractivity contribution in [1.29, 1.82) is 0 Å². The maximum atomic E-state index is 11.5. The molecular weight excluding hydrogens is 749 g/mol. The highest BCUT2D eigenvalue weighted by Gasteiger charge is 2.31. The second-order valence-electron chi connectivity index (χ2n) is 20.7. The number of ketones is 4. The Balaban J connectivity index is -0.000000145. The van der Waals surface area contributed by atoms with E-state index in [9.17, 15) is 32.7 Å². The van der Waals surface area contributed by atoms with Gasteiger partial charge < -0.3 is 9.29 Å². The van der Waals surface area contributed by atoms with E-state index >= 15 is 0 Å². The van der Waals surface area contributed by atoms with Crippen molar-refractivity contribution in [3.05, 3.63) is 32.8 Å². The molecule has 0 saturated heterocycles. The number of hydrogen-bond acceptors (Lipinski definition) is 8. The zero-order chi connectivity index (χ0) is 48.5. The van der Waals surface area contributed by atoms with Gasteiger partial charge in [-0.05, 0) is 103 Å². The van der Waals surface area contributed by atoms with E-state index in [0.717, 1.165) is 28.2 Å². The zero-order valence-corrected chi connectivity index (χ0v) is 43.5. The van der Waals surface area contributed by atoms with Crippen LogP contribution in [0.5, 0.6) is 0 Å². The van der Waals surface area contributed by atoms with E-state index in [0.29, 0.717) is 16.3 Å². The molecule has 340 valence electrons. The van der Waals surface area contributed by atoms with Crippen LogP contribution >= 0.6 is 0 Å². The Morgan fingerprint density at radius 2 is 0.914 bits per heavy atom. The van der Waals surface area contributed by atoms with Crippen molar-refractivity contribution in [3.8, 4) is 11.8 Å². The summed E-state index contributed by atoms with van der Waals surface area (Å²) in [5.74, 6) is 6.25. The van der Waals surface area contributed by atoms with Gasteiger partial charge in [-0.3, -0.25) is 23.4 Å². The lowest BCUT2D eigenvalue weighted by Crippen LogP contribution is -2.32. The van der Waals surface area contributed by atoms with Crippen molar-refractivity contribution in [2.24, 2.45) is 33.0 Å². The summed E-state index contributed by atoms with van der Waals surface area (Å²) in [4.78, 5) is 57.3. The number of hydrogen-bond donors (Lipinski definition) is 0. The molecule has 58 heavy (non-hydrogen) atoms. The number of allylic oxidation sites excluding steroid dienone is 5. The average molecular weight is 838 g/mol. The van der Waals surface area contributed by atoms with Gasteiger partial charge in [-0.1, -0.05) is 147 Å². The fraction of sp³-hybridized carbons (Fsp3) is 0.735. The van der Waals surface area contributed by atoms with Crippen molar-refractivity contribution in [3.63, 3.8) is 0 Å². The van der Waals surface area contributed by atoms with Gasteiger partial charge in [-0.25, -0.2) is 4.79 Å². The van der Waals surface area contributed by atoms with Crippen LogP contribution in [-0.4, -0.2) is 44.5 Å². The smallest absolute Gasteiger partial charge is 0.333 e. The highest BCUT2D eigenvalue weighted by molar-refractivity contribution is 7.83. The monoisotopic (exact) mass is 838 g/mol. The molecule has 0 aliphatic rings. The van der Waals surface area contributed by atoms with Gasteiger partial charge >= 0.3 is 5.97 Å². The molecule has 9 heteroatoms. The van der Waals surface area contributed by atoms with Crippen LogP contribution in [0.25, 0.3) is 0 Å². The van der Waals surface area contributed by atoms with Crippen molar-refractivity contribution in [2.75, 3.05) is 6.61 Å². The van der Waals surface area contributed by atoms with Gasteiger partial charge in [-0.15, -0.1) is 0 Å². The molecule has 8 nitrogen and oxygen atoms in total. The molecule has 0 aliphatic carbocycles. The summed E-state index contributed by atoms with van der Waals surface area (Å²) in [6, 6.07) is 0. The third-order valence-electron chi connectivity index (χ3n) is 7.46. The Morgan fingerprint density at radius 3 is 1.05 bits per heavy atom. The molecule has 1 atom stereocenters. The number of esters is 1. The Labute approximate surface area is 361 Å². The van der Waals surface area contributed by atoms with E-state index in [1.807, 2.05) is 138 Å². The van der Waals surface area contributed by atoms with E-state index in [4.69, 9.17) is 4.74 Å². The van der Waals surface area contributed by atoms with Crippen molar-refractivity contribution < 1.29 is 37.5 Å². The maximum Gasteiger partial charge on any atom is 0.333 e. The van der Waals surface area contributed by atoms with E-state index in [-0.39, 0.29) is 63.4 Å². The van der Waals surface area contributed by atoms with Crippen LogP contribution in [0.15, 0.2) is 32.8 Å². The second-order valence-corrected chi connectivity index (χ2v) is 21.8. The molecule has 0 N–H and O–H groups in total. The highest BCUT2D eigenvalue weighted by Crippen LogP contribution is 2.28. The topological polar surface area (TPSA) is 135 Å². The Hall–Kier alpha value is -2.96. The van der Waals surface area contributed by atoms with Crippen LogP contribution in [0.1, 0.15) is 200 Å². The molecule has 0 saturated carbocycles. The highest BCUT2D eigenvalue weighted by atomic mass is 32.2. The second kappa shape index (κ2) is 30.1. The first kappa shape index (κ1) is 66.8. The molecule has 0 radical (unpaired) electrons. The minimum Gasteiger partial charge on any atom is -0.769 e. The van der Waals surface area contributed by atoms with Crippen LogP contribution < -0.4 is 0 Å². The van der Waals surface area contributed by atoms with Gasteiger partial charge in [-0.2, -0.15) is 0 Å². The Morgan fingerprint density at radius 1 is 0.569 bits per heavy atom. The van der Waals surface area contributed by atoms with Gasteiger partial charge in [0.15, 0.2) is 5.78 Å². The number of Topliss-reactive ketones (excluding diaryl/α,β-unsaturated/α-hetero) is 4. The van der Waals surface area contributed by atoms with Crippen LogP contribution in [0.2, 0.25) is 0 Å². The van der Waals surface area contributed by atoms with Gasteiger partial charge in [0.2, 0.25) is 5.78 Å². The fourth-order valence-electron chi connectivity index (χ4n) is 3.31. The first-order valence-corrected chi connectivity index (χ1v) is 21.2. The summed E-state index contributed by atoms with van der Waals surface area (Å²) in [6.07, 6.45) is 0.283. The summed E-state index contributed by atoms with van der Waals surface area (Å²) in [5, 5.41) is 0. The van der Waals surface area contributed by atoms with Gasteiger partial charge in [0.05, 0.1) is 6.61 Å². The predicted octanol–water partition coefficient (Wildman–Crippen LogP) is 13.0. The first-order valence-electron chi connectivity index (χ1n) is 20.1. The third kappa shape index (κ3) is 39.8. The molecule has 0 heterocycles. The van der Waals surface area contributed by atoms with E-state index < -0.39 is 11.1 Å². The van der Waals surface area contributed by atoms with Crippen molar-refractivity contribution in [1.82, 2.24) is 0 Å². The van der Waals surface area contributed by atoms with E-state index in [1.54, 1.807) is 34.6 Å². The summed E-state index contributed by atoms with van der Waals surface area (Å²) < 4.78 is 25.2. The SMILES string of the molecule is CC#CC(=O)C(C)(C)C.CC(C)(C)C(=O)C(C)(C)C.CC(C)=C(C)C(=O)C(C)(C)C.CC(C)=C(C)C(=O)OCCC(=O)C(C)(C)C.CC(C)=C(C)S(=O)[O-].CC(C)C. The molecule has 0 spiro atoms. The average Bonchev–Trinajstić information content (AvgIpc) is 3.01. The van der Waals surface area contributed by atoms with E-state index in [1.165, 1.54) is 0 Å². The Kier molecular flexibility index (Phi) is 34.7. The van der Waals surface area contributed by atoms with Crippen molar-refractivity contribution in [2.45, 2.75) is 200 Å². The predicted molar refractivity (Wildman–Crippen MR) is 248 cm³/mol. The molecule has 0 aromatic heterocycles. The molecule has 0 rings (SSSR count). The van der Waals surface area contributed by atoms with Crippen LogP contribution in [0, 0.1) is 44.8 Å². The normalized spacial score (nSPS) is 11.3. The van der Waals surface area contributed by atoms with Crippen LogP contribution in [0.4, 0.5) is 0 Å². The number of ether oxygens (including phenoxy) is 1. The first-order chi connectivity index (χ1) is 25.3. The van der Waals surface area contributed by atoms with Crippen LogP contribution in [-0.2, 0) is 39.8 Å². The maximum absolute atomic E-state index is 11.5. The molecule has 1 unspecified atom stereocenters. The molecule has 0 aromatic carbocycles. The number of rotatable bonds is 6. The van der Waals surface area contributed by atoms with Gasteiger partial charge in [0.25, 0.3) is 0 Å². The lowest BCUT2D eigenvalue weighted by molar-refractivity contribution is -0.140. The lowest BCUT2D eigenvalue weighted by Gasteiger charge is -2.26. The molecule has 0 amide bonds. The summed E-state index contributed by atoms with van der Waals surface area (Å²) in [7, 11) is 0. The fourth-order valence-corrected chi connectivity index (χ4v) is 3.64. The standard InChI is InChI=1S/C13H22O3.C10H18O.C9H18O.C8H12O.C5H10O2S.C4H10/c1-9(2)10(3)12(15)16-8-7-11(14)13(4,5)6;1-7(2)8(3)9(11)10(4,5)6;1-8(2,3)7(10)9(4,5)6;1-5-6-7(9)8(2,3)4;1-4(2)5(3)8(6)7;1-4(2)3/h7-8H2,1-6H3;1-6H3;1-6H3;1-4H3;1-3H3,(H,6,7);4H,1-3H3/p-1. The molecular formula is C49H89O8S-. The largest absolute Gasteiger partial charge is 0.769 e. The molecule has 0 aliphatic heterocycles. The quantitative estimate of drug-likeness (QED) is 0.0848. The van der Waals surface area contributed by atoms with Gasteiger partial charge in [0, 0.05) is 39.1 Å². The summed E-state index contributed by atoms with van der Waals surface area (Å²) in [6.45, 7) is 53.5.